The van der Waals surface area contributed by atoms with Gasteiger partial charge in [0.25, 0.3) is 0 Å². The number of hydrogen-bond donors (Lipinski definition) is 2. The number of nitrogens with zero attached hydrogens (tertiary/aromatic N) is 1. The van der Waals surface area contributed by atoms with E-state index in [2.05, 4.69) is 27.5 Å². The molecule has 1 aromatic carbocycles. The van der Waals surface area contributed by atoms with E-state index in [4.69, 9.17) is 9.47 Å². The second kappa shape index (κ2) is 15.1. The lowest BCUT2D eigenvalue weighted by Gasteiger charge is -2.11. The molecule has 0 spiro atoms. The fraction of sp³-hybridized carbons (Fsp3) is 0.500. The topological polar surface area (TPSA) is 54.9 Å². The van der Waals surface area contributed by atoms with Crippen molar-refractivity contribution in [3.8, 4) is 17.6 Å². The largest absolute Gasteiger partial charge is 0.497 e. The second-order valence-electron chi connectivity index (χ2n) is 4.77. The molecule has 0 aliphatic carbocycles. The van der Waals surface area contributed by atoms with E-state index in [1.54, 1.807) is 7.11 Å². The third-order valence-electron chi connectivity index (χ3n) is 3.06. The Morgan fingerprint density at radius 3 is 2.58 bits per heavy atom. The highest BCUT2D eigenvalue weighted by atomic mass is 127. The maximum Gasteiger partial charge on any atom is 0.192 e. The van der Waals surface area contributed by atoms with Gasteiger partial charge in [-0.25, -0.2) is 4.99 Å². The van der Waals surface area contributed by atoms with E-state index < -0.39 is 0 Å². The number of rotatable bonds is 9. The Morgan fingerprint density at radius 1 is 1.21 bits per heavy atom. The normalized spacial score (nSPS) is 10.2. The summed E-state index contributed by atoms with van der Waals surface area (Å²) in [6.07, 6.45) is 0.941. The summed E-state index contributed by atoms with van der Waals surface area (Å²) in [4.78, 5) is 4.58. The lowest BCUT2D eigenvalue weighted by Crippen LogP contribution is -2.38. The molecule has 0 heterocycles. The summed E-state index contributed by atoms with van der Waals surface area (Å²) in [6, 6.07) is 7.91. The highest BCUT2D eigenvalue weighted by molar-refractivity contribution is 14.0. The minimum atomic E-state index is 0. The van der Waals surface area contributed by atoms with Crippen LogP contribution < -0.4 is 15.4 Å². The average molecular weight is 445 g/mol. The molecule has 0 fully saturated rings. The number of nitrogens with one attached hydrogen (secondary N) is 2. The number of hydrogen-bond acceptors (Lipinski definition) is 3. The molecular weight excluding hydrogens is 417 g/mol. The summed E-state index contributed by atoms with van der Waals surface area (Å²) in [6.45, 7) is 7.33. The Hall–Kier alpha value is -1.46. The van der Waals surface area contributed by atoms with Gasteiger partial charge in [0, 0.05) is 19.8 Å². The van der Waals surface area contributed by atoms with E-state index in [1.165, 1.54) is 0 Å². The van der Waals surface area contributed by atoms with Crippen LogP contribution in [0.15, 0.2) is 29.3 Å². The molecular formula is C18H28IN3O2. The molecule has 134 valence electrons. The number of aliphatic imine (C=N–C) groups is 1. The van der Waals surface area contributed by atoms with Crippen LogP contribution in [0.4, 0.5) is 0 Å². The molecule has 5 nitrogen and oxygen atoms in total. The molecule has 0 unspecified atom stereocenters. The van der Waals surface area contributed by atoms with Gasteiger partial charge in [0.05, 0.1) is 20.2 Å². The van der Waals surface area contributed by atoms with Gasteiger partial charge >= 0.3 is 0 Å². The van der Waals surface area contributed by atoms with Gasteiger partial charge in [-0.15, -0.1) is 29.9 Å². The van der Waals surface area contributed by atoms with Crippen molar-refractivity contribution in [2.45, 2.75) is 26.8 Å². The smallest absolute Gasteiger partial charge is 0.192 e. The molecule has 0 saturated carbocycles. The number of benzene rings is 1. The van der Waals surface area contributed by atoms with Crippen LogP contribution in [0, 0.1) is 11.8 Å². The number of methoxy groups -OCH3 is 1. The number of halogens is 1. The van der Waals surface area contributed by atoms with Gasteiger partial charge in [0.1, 0.15) is 5.75 Å². The Bertz CT molecular complexity index is 521. The molecule has 1 aromatic rings. The lowest BCUT2D eigenvalue weighted by molar-refractivity contribution is 0.145. The van der Waals surface area contributed by atoms with E-state index in [9.17, 15) is 0 Å². The van der Waals surface area contributed by atoms with Crippen molar-refractivity contribution in [2.24, 2.45) is 4.99 Å². The Kier molecular flexibility index (Phi) is 14.2. The second-order valence-corrected chi connectivity index (χ2v) is 4.77. The molecule has 24 heavy (non-hydrogen) atoms. The van der Waals surface area contributed by atoms with Crippen LogP contribution in [0.25, 0.3) is 0 Å². The molecule has 1 rings (SSSR count). The SMILES string of the molecule is CC#CCNC(=NCc1ccc(OC)cc1)NCCCOCC.I. The van der Waals surface area contributed by atoms with Crippen LogP contribution in [0.2, 0.25) is 0 Å². The predicted octanol–water partition coefficient (Wildman–Crippen LogP) is 2.80. The molecule has 0 aliphatic heterocycles. The van der Waals surface area contributed by atoms with Crippen molar-refractivity contribution in [1.82, 2.24) is 10.6 Å². The van der Waals surface area contributed by atoms with Crippen LogP contribution >= 0.6 is 24.0 Å². The van der Waals surface area contributed by atoms with Crippen molar-refractivity contribution < 1.29 is 9.47 Å². The average Bonchev–Trinajstić information content (AvgIpc) is 2.59. The molecule has 0 amide bonds. The van der Waals surface area contributed by atoms with Crippen LogP contribution in [-0.4, -0.2) is 39.4 Å². The van der Waals surface area contributed by atoms with Crippen molar-refractivity contribution in [1.29, 1.82) is 0 Å². The molecule has 2 N–H and O–H groups in total. The Balaban J connectivity index is 0.00000529. The van der Waals surface area contributed by atoms with E-state index in [0.29, 0.717) is 13.1 Å². The zero-order valence-electron chi connectivity index (χ0n) is 14.7. The van der Waals surface area contributed by atoms with E-state index in [1.807, 2.05) is 38.1 Å². The maximum absolute atomic E-state index is 5.33. The summed E-state index contributed by atoms with van der Waals surface area (Å²) < 4.78 is 10.5. The standard InChI is InChI=1S/C18H27N3O2.HI/c1-4-6-12-19-18(20-13-7-14-23-5-2)21-15-16-8-10-17(22-3)11-9-16;/h8-11H,5,7,12-15H2,1-3H3,(H2,19,20,21);1H. The molecule has 0 radical (unpaired) electrons. The third-order valence-corrected chi connectivity index (χ3v) is 3.06. The summed E-state index contributed by atoms with van der Waals surface area (Å²) in [5.41, 5.74) is 1.13. The summed E-state index contributed by atoms with van der Waals surface area (Å²) in [5, 5.41) is 6.50. The van der Waals surface area contributed by atoms with Crippen LogP contribution in [-0.2, 0) is 11.3 Å². The highest BCUT2D eigenvalue weighted by Gasteiger charge is 1.98. The highest BCUT2D eigenvalue weighted by Crippen LogP contribution is 2.11. The zero-order chi connectivity index (χ0) is 16.8. The third kappa shape index (κ3) is 10.3. The van der Waals surface area contributed by atoms with Crippen molar-refractivity contribution >= 4 is 29.9 Å². The van der Waals surface area contributed by atoms with Crippen molar-refractivity contribution in [3.63, 3.8) is 0 Å². The summed E-state index contributed by atoms with van der Waals surface area (Å²) in [5.74, 6) is 7.46. The van der Waals surface area contributed by atoms with Crippen molar-refractivity contribution in [3.05, 3.63) is 29.8 Å². The fourth-order valence-corrected chi connectivity index (χ4v) is 1.82. The minimum absolute atomic E-state index is 0. The molecule has 0 atom stereocenters. The van der Waals surface area contributed by atoms with Crippen LogP contribution in [0.1, 0.15) is 25.8 Å². The van der Waals surface area contributed by atoms with Crippen LogP contribution in [0.3, 0.4) is 0 Å². The zero-order valence-corrected chi connectivity index (χ0v) is 17.1. The van der Waals surface area contributed by atoms with Gasteiger partial charge in [-0.05, 0) is 38.0 Å². The fourth-order valence-electron chi connectivity index (χ4n) is 1.82. The Morgan fingerprint density at radius 2 is 1.96 bits per heavy atom. The first-order valence-corrected chi connectivity index (χ1v) is 7.92. The predicted molar refractivity (Wildman–Crippen MR) is 110 cm³/mol. The first-order chi connectivity index (χ1) is 11.3. The van der Waals surface area contributed by atoms with E-state index in [0.717, 1.165) is 43.5 Å². The first-order valence-electron chi connectivity index (χ1n) is 7.92. The monoisotopic (exact) mass is 445 g/mol. The minimum Gasteiger partial charge on any atom is -0.497 e. The molecule has 6 heteroatoms. The van der Waals surface area contributed by atoms with E-state index >= 15 is 0 Å². The first kappa shape index (κ1) is 22.5. The molecule has 0 bridgehead atoms. The van der Waals surface area contributed by atoms with Crippen molar-refractivity contribution in [2.75, 3.05) is 33.4 Å². The number of guanidine groups is 1. The number of ether oxygens (including phenoxy) is 2. The summed E-state index contributed by atoms with van der Waals surface area (Å²) >= 11 is 0. The maximum atomic E-state index is 5.33. The Labute approximate surface area is 162 Å². The molecule has 0 aromatic heterocycles. The van der Waals surface area contributed by atoms with E-state index in [-0.39, 0.29) is 24.0 Å². The lowest BCUT2D eigenvalue weighted by atomic mass is 10.2. The molecule has 0 saturated heterocycles. The summed E-state index contributed by atoms with van der Waals surface area (Å²) in [7, 11) is 1.66. The van der Waals surface area contributed by atoms with Gasteiger partial charge in [-0.1, -0.05) is 18.1 Å². The van der Waals surface area contributed by atoms with Gasteiger partial charge in [0.15, 0.2) is 5.96 Å². The van der Waals surface area contributed by atoms with Crippen LogP contribution in [0.5, 0.6) is 5.75 Å². The quantitative estimate of drug-likeness (QED) is 0.202. The van der Waals surface area contributed by atoms with Gasteiger partial charge in [0.2, 0.25) is 0 Å². The van der Waals surface area contributed by atoms with Gasteiger partial charge < -0.3 is 20.1 Å². The van der Waals surface area contributed by atoms with Gasteiger partial charge in [-0.3, -0.25) is 0 Å². The molecule has 0 aliphatic rings. The van der Waals surface area contributed by atoms with Gasteiger partial charge in [-0.2, -0.15) is 0 Å².